The normalized spacial score (nSPS) is 11.1. The maximum atomic E-state index is 6.01. The second-order valence-electron chi connectivity index (χ2n) is 6.19. The number of benzene rings is 2. The molecule has 0 atom stereocenters. The highest BCUT2D eigenvalue weighted by atomic mass is 127. The molecule has 0 aliphatic heterocycles. The van der Waals surface area contributed by atoms with Gasteiger partial charge in [-0.1, -0.05) is 48.0 Å². The van der Waals surface area contributed by atoms with Crippen molar-refractivity contribution >= 4 is 41.5 Å². The molecule has 28 heavy (non-hydrogen) atoms. The Morgan fingerprint density at radius 1 is 1.04 bits per heavy atom. The Labute approximate surface area is 187 Å². The van der Waals surface area contributed by atoms with E-state index in [1.165, 1.54) is 5.56 Å². The van der Waals surface area contributed by atoms with Crippen molar-refractivity contribution in [3.05, 3.63) is 76.5 Å². The molecule has 0 bridgehead atoms. The Balaban J connectivity index is 0.00000280. The van der Waals surface area contributed by atoms with Crippen molar-refractivity contribution in [1.29, 1.82) is 0 Å². The van der Waals surface area contributed by atoms with Crippen LogP contribution in [0.3, 0.4) is 0 Å². The molecule has 0 aliphatic carbocycles. The van der Waals surface area contributed by atoms with Crippen LogP contribution in [0.1, 0.15) is 22.9 Å². The number of aromatic nitrogens is 1. The van der Waals surface area contributed by atoms with Crippen LogP contribution in [0.15, 0.2) is 57.9 Å². The minimum atomic E-state index is 0. The largest absolute Gasteiger partial charge is 0.444 e. The van der Waals surface area contributed by atoms with E-state index in [0.717, 1.165) is 27.6 Å². The zero-order valence-electron chi connectivity index (χ0n) is 16.1. The number of hydrogen-bond acceptors (Lipinski definition) is 3. The first-order chi connectivity index (χ1) is 13.1. The number of hydrogen-bond donors (Lipinski definition) is 2. The smallest absolute Gasteiger partial charge is 0.214 e. The Morgan fingerprint density at radius 2 is 1.71 bits per heavy atom. The first-order valence-electron chi connectivity index (χ1n) is 8.78. The fourth-order valence-corrected chi connectivity index (χ4v) is 2.89. The van der Waals surface area contributed by atoms with Gasteiger partial charge in [0.25, 0.3) is 0 Å². The number of nitrogens with zero attached hydrogens (tertiary/aromatic N) is 2. The predicted molar refractivity (Wildman–Crippen MR) is 125 cm³/mol. The van der Waals surface area contributed by atoms with Gasteiger partial charge in [-0.25, -0.2) is 4.98 Å². The molecular formula is C21H24ClIN4O. The van der Waals surface area contributed by atoms with E-state index in [4.69, 9.17) is 16.0 Å². The summed E-state index contributed by atoms with van der Waals surface area (Å²) >= 11 is 6.01. The second kappa shape index (κ2) is 10.5. The fraction of sp³-hybridized carbons (Fsp3) is 0.238. The lowest BCUT2D eigenvalue weighted by atomic mass is 10.00. The van der Waals surface area contributed by atoms with Crippen molar-refractivity contribution in [2.75, 3.05) is 7.05 Å². The summed E-state index contributed by atoms with van der Waals surface area (Å²) in [6.07, 6.45) is 0. The van der Waals surface area contributed by atoms with Gasteiger partial charge in [0.05, 0.1) is 12.2 Å². The third-order valence-electron chi connectivity index (χ3n) is 4.32. The molecule has 3 rings (SSSR count). The monoisotopic (exact) mass is 510 g/mol. The first kappa shape index (κ1) is 22.2. The number of nitrogens with one attached hydrogen (secondary N) is 2. The van der Waals surface area contributed by atoms with E-state index in [9.17, 15) is 0 Å². The molecule has 3 aromatic rings. The maximum absolute atomic E-state index is 6.01. The van der Waals surface area contributed by atoms with Gasteiger partial charge in [-0.05, 0) is 42.7 Å². The molecular weight excluding hydrogens is 487 g/mol. The van der Waals surface area contributed by atoms with Crippen LogP contribution in [0.2, 0.25) is 5.02 Å². The van der Waals surface area contributed by atoms with Crippen molar-refractivity contribution < 1.29 is 4.42 Å². The summed E-state index contributed by atoms with van der Waals surface area (Å²) in [6.45, 7) is 4.96. The fourth-order valence-electron chi connectivity index (χ4n) is 2.76. The third kappa shape index (κ3) is 5.72. The lowest BCUT2D eigenvalue weighted by molar-refractivity contribution is 0.463. The average Bonchev–Trinajstić information content (AvgIpc) is 3.00. The zero-order valence-corrected chi connectivity index (χ0v) is 19.2. The number of guanidine groups is 1. The number of rotatable bonds is 5. The Bertz CT molecular complexity index is 918. The molecule has 2 N–H and O–H groups in total. The summed E-state index contributed by atoms with van der Waals surface area (Å²) in [5.74, 6) is 2.18. The van der Waals surface area contributed by atoms with Crippen LogP contribution in [0, 0.1) is 13.8 Å². The molecule has 0 radical (unpaired) electrons. The predicted octanol–water partition coefficient (Wildman–Crippen LogP) is 5.10. The quantitative estimate of drug-likeness (QED) is 0.285. The van der Waals surface area contributed by atoms with Crippen LogP contribution in [-0.4, -0.2) is 18.0 Å². The number of halogens is 2. The lowest BCUT2D eigenvalue weighted by Crippen LogP contribution is -2.36. The van der Waals surface area contributed by atoms with E-state index in [0.29, 0.717) is 24.9 Å². The van der Waals surface area contributed by atoms with Gasteiger partial charge in [0.1, 0.15) is 5.76 Å². The van der Waals surface area contributed by atoms with E-state index in [2.05, 4.69) is 32.7 Å². The van der Waals surface area contributed by atoms with Crippen molar-refractivity contribution in [3.63, 3.8) is 0 Å². The molecule has 2 aromatic carbocycles. The van der Waals surface area contributed by atoms with Crippen molar-refractivity contribution in [2.45, 2.75) is 26.9 Å². The topological polar surface area (TPSA) is 62.5 Å². The van der Waals surface area contributed by atoms with E-state index in [1.54, 1.807) is 7.05 Å². The third-order valence-corrected chi connectivity index (χ3v) is 4.57. The van der Waals surface area contributed by atoms with Gasteiger partial charge in [0.15, 0.2) is 5.96 Å². The van der Waals surface area contributed by atoms with Crippen LogP contribution in [-0.2, 0) is 13.1 Å². The summed E-state index contributed by atoms with van der Waals surface area (Å²) in [5.41, 5.74) is 4.37. The number of oxazole rings is 1. The molecule has 5 nitrogen and oxygen atoms in total. The molecule has 0 aliphatic rings. The summed E-state index contributed by atoms with van der Waals surface area (Å²) in [5, 5.41) is 7.30. The van der Waals surface area contributed by atoms with Crippen molar-refractivity contribution in [3.8, 4) is 11.1 Å². The number of aryl methyl sites for hydroxylation is 2. The molecule has 1 heterocycles. The van der Waals surface area contributed by atoms with Gasteiger partial charge in [-0.2, -0.15) is 0 Å². The van der Waals surface area contributed by atoms with Gasteiger partial charge >= 0.3 is 0 Å². The summed E-state index contributed by atoms with van der Waals surface area (Å²) in [4.78, 5) is 8.64. The highest BCUT2D eigenvalue weighted by Crippen LogP contribution is 2.25. The van der Waals surface area contributed by atoms with E-state index >= 15 is 0 Å². The molecule has 148 valence electrons. The summed E-state index contributed by atoms with van der Waals surface area (Å²) < 4.78 is 5.59. The van der Waals surface area contributed by atoms with Gasteiger partial charge in [-0.3, -0.25) is 4.99 Å². The highest BCUT2D eigenvalue weighted by Gasteiger charge is 2.08. The highest BCUT2D eigenvalue weighted by molar-refractivity contribution is 14.0. The Morgan fingerprint density at radius 3 is 2.36 bits per heavy atom. The molecule has 7 heteroatoms. The summed E-state index contributed by atoms with van der Waals surface area (Å²) in [7, 11) is 1.74. The second-order valence-corrected chi connectivity index (χ2v) is 6.63. The van der Waals surface area contributed by atoms with Crippen LogP contribution >= 0.6 is 35.6 Å². The van der Waals surface area contributed by atoms with Gasteiger partial charge < -0.3 is 15.1 Å². The van der Waals surface area contributed by atoms with Crippen molar-refractivity contribution in [1.82, 2.24) is 15.6 Å². The van der Waals surface area contributed by atoms with Gasteiger partial charge in [0.2, 0.25) is 5.89 Å². The lowest BCUT2D eigenvalue weighted by Gasteiger charge is -2.14. The van der Waals surface area contributed by atoms with E-state index in [1.807, 2.05) is 50.2 Å². The maximum Gasteiger partial charge on any atom is 0.214 e. The molecule has 0 saturated carbocycles. The Hall–Kier alpha value is -2.06. The Kier molecular flexibility index (Phi) is 8.32. The molecule has 0 fully saturated rings. The van der Waals surface area contributed by atoms with Crippen molar-refractivity contribution in [2.24, 2.45) is 4.99 Å². The van der Waals surface area contributed by atoms with E-state index in [-0.39, 0.29) is 24.0 Å². The molecule has 0 saturated heterocycles. The van der Waals surface area contributed by atoms with Gasteiger partial charge in [-0.15, -0.1) is 24.0 Å². The molecule has 0 amide bonds. The summed E-state index contributed by atoms with van der Waals surface area (Å²) in [6, 6.07) is 16.1. The SMILES string of the molecule is CN=C(NCc1nc(C)c(C)o1)NCc1ccccc1-c1ccc(Cl)cc1.I. The van der Waals surface area contributed by atoms with Crippen LogP contribution < -0.4 is 10.6 Å². The van der Waals surface area contributed by atoms with E-state index < -0.39 is 0 Å². The van der Waals surface area contributed by atoms with Crippen LogP contribution in [0.25, 0.3) is 11.1 Å². The molecule has 1 aromatic heterocycles. The first-order valence-corrected chi connectivity index (χ1v) is 9.16. The molecule has 0 unspecified atom stereocenters. The minimum Gasteiger partial charge on any atom is -0.444 e. The average molecular weight is 511 g/mol. The standard InChI is InChI=1S/C21H23ClN4O.HI/c1-14-15(2)27-20(26-14)13-25-21(23-3)24-12-17-6-4-5-7-19(17)16-8-10-18(22)11-9-16;/h4-11H,12-13H2,1-3H3,(H2,23,24,25);1H. The van der Waals surface area contributed by atoms with Crippen LogP contribution in [0.4, 0.5) is 0 Å². The minimum absolute atomic E-state index is 0. The molecule has 0 spiro atoms. The van der Waals surface area contributed by atoms with Crippen LogP contribution in [0.5, 0.6) is 0 Å². The zero-order chi connectivity index (χ0) is 19.2. The van der Waals surface area contributed by atoms with Gasteiger partial charge in [0, 0.05) is 18.6 Å². The number of aliphatic imine (C=N–C) groups is 1.